The molecule has 26 heavy (non-hydrogen) atoms. The van der Waals surface area contributed by atoms with Crippen molar-refractivity contribution in [2.24, 2.45) is 5.92 Å². The van der Waals surface area contributed by atoms with E-state index in [2.05, 4.69) is 10.2 Å². The van der Waals surface area contributed by atoms with Crippen LogP contribution in [0.5, 0.6) is 0 Å². The number of rotatable bonds is 3. The molecule has 6 heteroatoms. The van der Waals surface area contributed by atoms with E-state index in [1.807, 2.05) is 18.2 Å². The summed E-state index contributed by atoms with van der Waals surface area (Å²) >= 11 is 0. The second-order valence-electron chi connectivity index (χ2n) is 7.24. The zero-order valence-corrected chi connectivity index (χ0v) is 14.2. The van der Waals surface area contributed by atoms with E-state index in [4.69, 9.17) is 0 Å². The SMILES string of the molecule is O=C1N[C@@]2(Cc3ccccc31)CN(Cc1ccc(F)c(F)c1)C[C@@H]2CO. The number of carbonyl (C=O) groups excluding carboxylic acids is 1. The third kappa shape index (κ3) is 2.89. The molecule has 1 spiro atoms. The number of carbonyl (C=O) groups is 1. The van der Waals surface area contributed by atoms with E-state index in [1.54, 1.807) is 12.1 Å². The highest BCUT2D eigenvalue weighted by Gasteiger charge is 2.49. The number of benzene rings is 2. The minimum Gasteiger partial charge on any atom is -0.396 e. The molecular formula is C20H20F2N2O2. The van der Waals surface area contributed by atoms with E-state index in [0.29, 0.717) is 37.2 Å². The summed E-state index contributed by atoms with van der Waals surface area (Å²) in [5, 5.41) is 13.0. The van der Waals surface area contributed by atoms with Crippen LogP contribution in [0.15, 0.2) is 42.5 Å². The monoisotopic (exact) mass is 358 g/mol. The van der Waals surface area contributed by atoms with Gasteiger partial charge in [0.2, 0.25) is 0 Å². The maximum absolute atomic E-state index is 13.5. The van der Waals surface area contributed by atoms with Crippen LogP contribution in [0, 0.1) is 17.6 Å². The molecule has 0 bridgehead atoms. The summed E-state index contributed by atoms with van der Waals surface area (Å²) in [6.07, 6.45) is 0.647. The van der Waals surface area contributed by atoms with Gasteiger partial charge in [0.1, 0.15) is 0 Å². The Morgan fingerprint density at radius 2 is 2.00 bits per heavy atom. The van der Waals surface area contributed by atoms with Gasteiger partial charge in [0.15, 0.2) is 11.6 Å². The first-order valence-electron chi connectivity index (χ1n) is 8.68. The minimum atomic E-state index is -0.866. The number of halogens is 2. The van der Waals surface area contributed by atoms with Crippen molar-refractivity contribution in [3.05, 3.63) is 70.8 Å². The number of fused-ring (bicyclic) bond motifs is 1. The van der Waals surface area contributed by atoms with Gasteiger partial charge in [-0.3, -0.25) is 9.69 Å². The maximum atomic E-state index is 13.5. The van der Waals surface area contributed by atoms with Crippen molar-refractivity contribution in [3.63, 3.8) is 0 Å². The van der Waals surface area contributed by atoms with Crippen molar-refractivity contribution < 1.29 is 18.7 Å². The van der Waals surface area contributed by atoms with Crippen LogP contribution in [0.2, 0.25) is 0 Å². The molecule has 4 nitrogen and oxygen atoms in total. The third-order valence-corrected chi connectivity index (χ3v) is 5.51. The number of hydrogen-bond acceptors (Lipinski definition) is 3. The molecule has 136 valence electrons. The summed E-state index contributed by atoms with van der Waals surface area (Å²) in [7, 11) is 0. The molecule has 0 aromatic heterocycles. The molecule has 0 radical (unpaired) electrons. The van der Waals surface area contributed by atoms with Gasteiger partial charge in [-0.05, 0) is 35.7 Å². The Balaban J connectivity index is 1.58. The molecule has 2 heterocycles. The number of amides is 1. The third-order valence-electron chi connectivity index (χ3n) is 5.51. The zero-order valence-electron chi connectivity index (χ0n) is 14.2. The average Bonchev–Trinajstić information content (AvgIpc) is 2.94. The first-order valence-corrected chi connectivity index (χ1v) is 8.68. The van der Waals surface area contributed by atoms with Crippen molar-refractivity contribution in [1.29, 1.82) is 0 Å². The summed E-state index contributed by atoms with van der Waals surface area (Å²) in [4.78, 5) is 14.6. The van der Waals surface area contributed by atoms with E-state index in [-0.39, 0.29) is 18.4 Å². The van der Waals surface area contributed by atoms with Gasteiger partial charge in [-0.25, -0.2) is 8.78 Å². The summed E-state index contributed by atoms with van der Waals surface area (Å²) < 4.78 is 26.6. The van der Waals surface area contributed by atoms with E-state index in [1.165, 1.54) is 6.07 Å². The minimum absolute atomic E-state index is 0.0449. The predicted molar refractivity (Wildman–Crippen MR) is 92.6 cm³/mol. The number of aliphatic hydroxyl groups is 1. The molecule has 4 rings (SSSR count). The lowest BCUT2D eigenvalue weighted by atomic mass is 9.78. The molecule has 0 aliphatic carbocycles. The van der Waals surface area contributed by atoms with Crippen LogP contribution in [0.25, 0.3) is 0 Å². The van der Waals surface area contributed by atoms with Crippen molar-refractivity contribution >= 4 is 5.91 Å². The summed E-state index contributed by atoms with van der Waals surface area (Å²) in [6.45, 7) is 1.53. The Kier molecular flexibility index (Phi) is 4.25. The summed E-state index contributed by atoms with van der Waals surface area (Å²) in [6, 6.07) is 11.4. The van der Waals surface area contributed by atoms with Gasteiger partial charge in [-0.15, -0.1) is 0 Å². The van der Waals surface area contributed by atoms with Crippen molar-refractivity contribution in [3.8, 4) is 0 Å². The Hall–Kier alpha value is -2.31. The second kappa shape index (κ2) is 6.45. The summed E-state index contributed by atoms with van der Waals surface area (Å²) in [5.74, 6) is -1.98. The zero-order chi connectivity index (χ0) is 18.3. The van der Waals surface area contributed by atoms with Crippen molar-refractivity contribution in [2.75, 3.05) is 19.7 Å². The maximum Gasteiger partial charge on any atom is 0.252 e. The number of hydrogen-bond donors (Lipinski definition) is 2. The fourth-order valence-electron chi connectivity index (χ4n) is 4.24. The van der Waals surface area contributed by atoms with Crippen LogP contribution in [0.4, 0.5) is 8.78 Å². The van der Waals surface area contributed by atoms with Gasteiger partial charge < -0.3 is 10.4 Å². The number of nitrogens with zero attached hydrogens (tertiary/aromatic N) is 1. The highest BCUT2D eigenvalue weighted by molar-refractivity contribution is 5.97. The molecule has 0 saturated carbocycles. The molecule has 2 N–H and O–H groups in total. The Bertz CT molecular complexity index is 857. The predicted octanol–water partition coefficient (Wildman–Crippen LogP) is 2.11. The van der Waals surface area contributed by atoms with Crippen LogP contribution in [0.1, 0.15) is 21.5 Å². The number of aliphatic hydroxyl groups excluding tert-OH is 1. The van der Waals surface area contributed by atoms with Crippen LogP contribution < -0.4 is 5.32 Å². The van der Waals surface area contributed by atoms with E-state index >= 15 is 0 Å². The molecule has 2 aromatic rings. The van der Waals surface area contributed by atoms with Gasteiger partial charge in [-0.1, -0.05) is 24.3 Å². The normalized spacial score (nSPS) is 25.3. The van der Waals surface area contributed by atoms with Crippen LogP contribution in [-0.4, -0.2) is 41.1 Å². The topological polar surface area (TPSA) is 52.6 Å². The van der Waals surface area contributed by atoms with Gasteiger partial charge >= 0.3 is 0 Å². The first kappa shape index (κ1) is 17.1. The second-order valence-corrected chi connectivity index (χ2v) is 7.24. The highest BCUT2D eigenvalue weighted by Crippen LogP contribution is 2.35. The van der Waals surface area contributed by atoms with Crippen LogP contribution in [-0.2, 0) is 13.0 Å². The fourth-order valence-corrected chi connectivity index (χ4v) is 4.24. The lowest BCUT2D eigenvalue weighted by Crippen LogP contribution is -2.59. The van der Waals surface area contributed by atoms with E-state index in [0.717, 1.165) is 11.6 Å². The van der Waals surface area contributed by atoms with Gasteiger partial charge in [0.05, 0.1) is 5.54 Å². The van der Waals surface area contributed by atoms with Gasteiger partial charge in [-0.2, -0.15) is 0 Å². The molecular weight excluding hydrogens is 338 g/mol. The Morgan fingerprint density at radius 3 is 2.77 bits per heavy atom. The van der Waals surface area contributed by atoms with Crippen LogP contribution in [0.3, 0.4) is 0 Å². The highest BCUT2D eigenvalue weighted by atomic mass is 19.2. The molecule has 1 amide bonds. The molecule has 2 aromatic carbocycles. The lowest BCUT2D eigenvalue weighted by molar-refractivity contribution is 0.0817. The lowest BCUT2D eigenvalue weighted by Gasteiger charge is -2.39. The molecule has 0 unspecified atom stereocenters. The average molecular weight is 358 g/mol. The Labute approximate surface area is 150 Å². The number of likely N-dealkylation sites (tertiary alicyclic amines) is 1. The largest absolute Gasteiger partial charge is 0.396 e. The smallest absolute Gasteiger partial charge is 0.252 e. The van der Waals surface area contributed by atoms with E-state index < -0.39 is 17.2 Å². The van der Waals surface area contributed by atoms with E-state index in [9.17, 15) is 18.7 Å². The van der Waals surface area contributed by atoms with Crippen molar-refractivity contribution in [1.82, 2.24) is 10.2 Å². The number of nitrogens with one attached hydrogen (secondary N) is 1. The summed E-state index contributed by atoms with van der Waals surface area (Å²) in [5.41, 5.74) is 1.78. The molecule has 1 fully saturated rings. The Morgan fingerprint density at radius 1 is 1.19 bits per heavy atom. The molecule has 1 saturated heterocycles. The van der Waals surface area contributed by atoms with Crippen molar-refractivity contribution in [2.45, 2.75) is 18.5 Å². The quantitative estimate of drug-likeness (QED) is 0.884. The standard InChI is InChI=1S/C20H20F2N2O2/c21-17-6-5-13(7-18(17)22)9-24-10-15(11-25)20(12-24)8-14-3-1-2-4-16(14)19(26)23-20/h1-7,15,25H,8-12H2,(H,23,26)/t15-,20+/m1/s1. The van der Waals surface area contributed by atoms with Gasteiger partial charge in [0, 0.05) is 37.7 Å². The first-order chi connectivity index (χ1) is 12.5. The molecule has 2 atom stereocenters. The van der Waals surface area contributed by atoms with Crippen LogP contribution >= 0.6 is 0 Å². The molecule has 2 aliphatic rings. The van der Waals surface area contributed by atoms with Gasteiger partial charge in [0.25, 0.3) is 5.91 Å². The fraction of sp³-hybridized carbons (Fsp3) is 0.350. The molecule has 2 aliphatic heterocycles.